The fourth-order valence-electron chi connectivity index (χ4n) is 2.82. The Morgan fingerprint density at radius 1 is 1.29 bits per heavy atom. The van der Waals surface area contributed by atoms with E-state index in [1.54, 1.807) is 13.0 Å². The highest BCUT2D eigenvalue weighted by molar-refractivity contribution is 6.05. The first-order valence-electron chi connectivity index (χ1n) is 6.62. The molecular weight excluding hydrogens is 277 g/mol. The van der Waals surface area contributed by atoms with Crippen LogP contribution in [0.2, 0.25) is 0 Å². The Bertz CT molecular complexity index is 674. The van der Waals surface area contributed by atoms with Crippen molar-refractivity contribution < 1.29 is 18.8 Å². The lowest BCUT2D eigenvalue weighted by molar-refractivity contribution is -0.152. The highest BCUT2D eigenvalue weighted by Crippen LogP contribution is 2.31. The maximum absolute atomic E-state index is 14.1. The van der Waals surface area contributed by atoms with Gasteiger partial charge in [-0.2, -0.15) is 0 Å². The van der Waals surface area contributed by atoms with Crippen LogP contribution in [-0.4, -0.2) is 33.7 Å². The molecule has 3 rings (SSSR count). The average Bonchev–Trinajstić information content (AvgIpc) is 2.79. The highest BCUT2D eigenvalue weighted by atomic mass is 19.1. The molecule has 0 aromatic heterocycles. The number of amides is 3. The summed E-state index contributed by atoms with van der Waals surface area (Å²) >= 11 is 0. The van der Waals surface area contributed by atoms with Gasteiger partial charge in [-0.3, -0.25) is 14.4 Å². The van der Waals surface area contributed by atoms with Crippen LogP contribution in [0.4, 0.5) is 4.39 Å². The number of aryl methyl sites for hydroxylation is 1. The third-order valence-electron chi connectivity index (χ3n) is 4.06. The molecule has 1 fully saturated rings. The number of carbonyl (C=O) groups excluding carboxylic acids is 3. The quantitative estimate of drug-likeness (QED) is 0.463. The van der Waals surface area contributed by atoms with Crippen LogP contribution in [0.3, 0.4) is 0 Å². The smallest absolute Gasteiger partial charge is 0.266 e. The van der Waals surface area contributed by atoms with E-state index in [9.17, 15) is 18.8 Å². The molecule has 1 unspecified atom stereocenters. The van der Waals surface area contributed by atoms with Crippen LogP contribution in [0.5, 0.6) is 0 Å². The number of benzene rings is 1. The average molecular weight is 291 g/mol. The van der Waals surface area contributed by atoms with Crippen molar-refractivity contribution in [2.75, 3.05) is 0 Å². The summed E-state index contributed by atoms with van der Waals surface area (Å²) in [5.41, 5.74) is 1.02. The van der Waals surface area contributed by atoms with E-state index in [1.807, 2.05) is 0 Å². The number of carbonyl (C=O) groups is 3. The number of hydrogen-bond acceptors (Lipinski definition) is 4. The molecule has 2 aliphatic heterocycles. The fraction of sp³-hybridized carbons (Fsp3) is 0.357. The summed E-state index contributed by atoms with van der Waals surface area (Å²) in [6, 6.07) is 2.29. The lowest BCUT2D eigenvalue weighted by Gasteiger charge is -2.33. The number of halogens is 1. The Labute approximate surface area is 120 Å². The molecule has 3 amide bonds. The van der Waals surface area contributed by atoms with Crippen molar-refractivity contribution in [2.45, 2.75) is 32.4 Å². The number of hydrazine groups is 1. The Morgan fingerprint density at radius 2 is 2.00 bits per heavy atom. The van der Waals surface area contributed by atoms with Crippen LogP contribution >= 0.6 is 0 Å². The predicted octanol–water partition coefficient (Wildman–Crippen LogP) is 0.481. The summed E-state index contributed by atoms with van der Waals surface area (Å²) in [4.78, 5) is 37.1. The highest BCUT2D eigenvalue weighted by Gasteiger charge is 2.42. The number of piperidine rings is 1. The molecule has 2 aliphatic rings. The van der Waals surface area contributed by atoms with Crippen LogP contribution in [0.1, 0.15) is 34.3 Å². The lowest BCUT2D eigenvalue weighted by Crippen LogP contribution is -2.57. The molecule has 21 heavy (non-hydrogen) atoms. The summed E-state index contributed by atoms with van der Waals surface area (Å²) in [6.45, 7) is 1.65. The molecule has 2 heterocycles. The number of rotatable bonds is 1. The van der Waals surface area contributed by atoms with E-state index in [0.717, 1.165) is 0 Å². The first-order valence-corrected chi connectivity index (χ1v) is 6.62. The molecule has 1 atom stereocenters. The molecule has 1 aromatic carbocycles. The second kappa shape index (κ2) is 4.63. The molecule has 0 bridgehead atoms. The lowest BCUT2D eigenvalue weighted by atomic mass is 10.0. The minimum Gasteiger partial charge on any atom is -0.322 e. The van der Waals surface area contributed by atoms with E-state index in [2.05, 4.69) is 0 Å². The van der Waals surface area contributed by atoms with Gasteiger partial charge in [0.05, 0.1) is 6.54 Å². The molecule has 0 radical (unpaired) electrons. The van der Waals surface area contributed by atoms with Crippen LogP contribution in [0.15, 0.2) is 12.1 Å². The van der Waals surface area contributed by atoms with Gasteiger partial charge in [0.2, 0.25) is 5.91 Å². The van der Waals surface area contributed by atoms with Gasteiger partial charge >= 0.3 is 0 Å². The summed E-state index contributed by atoms with van der Waals surface area (Å²) in [6.07, 6.45) is 0.306. The van der Waals surface area contributed by atoms with Crippen molar-refractivity contribution in [3.63, 3.8) is 0 Å². The maximum Gasteiger partial charge on any atom is 0.266 e. The van der Waals surface area contributed by atoms with Gasteiger partial charge in [0, 0.05) is 17.5 Å². The Balaban J connectivity index is 1.93. The molecule has 110 valence electrons. The SMILES string of the molecule is Cc1ccc2c(c1F)CN(C1CCC(=O)N(N)C1=O)C2=O. The van der Waals surface area contributed by atoms with E-state index in [0.29, 0.717) is 16.1 Å². The monoisotopic (exact) mass is 291 g/mol. The summed E-state index contributed by atoms with van der Waals surface area (Å²) in [5.74, 6) is 3.49. The van der Waals surface area contributed by atoms with Crippen LogP contribution in [0, 0.1) is 12.7 Å². The molecule has 7 heteroatoms. The summed E-state index contributed by atoms with van der Waals surface area (Å²) in [7, 11) is 0. The third kappa shape index (κ3) is 1.92. The summed E-state index contributed by atoms with van der Waals surface area (Å²) < 4.78 is 14.1. The molecule has 0 saturated carbocycles. The zero-order chi connectivity index (χ0) is 15.3. The molecule has 1 aromatic rings. The Hall–Kier alpha value is -2.28. The van der Waals surface area contributed by atoms with E-state index in [1.165, 1.54) is 11.0 Å². The first-order chi connectivity index (χ1) is 9.91. The van der Waals surface area contributed by atoms with Crippen molar-refractivity contribution in [3.05, 3.63) is 34.6 Å². The molecule has 2 N–H and O–H groups in total. The largest absolute Gasteiger partial charge is 0.322 e. The fourth-order valence-corrected chi connectivity index (χ4v) is 2.82. The Morgan fingerprint density at radius 3 is 2.71 bits per heavy atom. The van der Waals surface area contributed by atoms with Gasteiger partial charge in [0.15, 0.2) is 0 Å². The first kappa shape index (κ1) is 13.7. The van der Waals surface area contributed by atoms with Gasteiger partial charge < -0.3 is 4.90 Å². The second-order valence-corrected chi connectivity index (χ2v) is 5.31. The molecular formula is C14H14FN3O3. The van der Waals surface area contributed by atoms with Gasteiger partial charge in [-0.05, 0) is 25.0 Å². The van der Waals surface area contributed by atoms with Gasteiger partial charge in [-0.25, -0.2) is 15.2 Å². The topological polar surface area (TPSA) is 83.7 Å². The number of imide groups is 1. The van der Waals surface area contributed by atoms with Crippen LogP contribution in [0.25, 0.3) is 0 Å². The molecule has 1 saturated heterocycles. The Kier molecular flexibility index (Phi) is 3.02. The van der Waals surface area contributed by atoms with Crippen molar-refractivity contribution in [3.8, 4) is 0 Å². The molecule has 0 spiro atoms. The van der Waals surface area contributed by atoms with Crippen LogP contribution < -0.4 is 5.84 Å². The third-order valence-corrected chi connectivity index (χ3v) is 4.06. The molecule has 0 aliphatic carbocycles. The van der Waals surface area contributed by atoms with E-state index in [-0.39, 0.29) is 24.9 Å². The minimum absolute atomic E-state index is 0.0279. The van der Waals surface area contributed by atoms with E-state index >= 15 is 0 Å². The number of fused-ring (bicyclic) bond motifs is 1. The number of nitrogens with zero attached hydrogens (tertiary/aromatic N) is 2. The van der Waals surface area contributed by atoms with Crippen molar-refractivity contribution in [2.24, 2.45) is 5.84 Å². The number of hydrogen-bond donors (Lipinski definition) is 1. The van der Waals surface area contributed by atoms with Crippen molar-refractivity contribution >= 4 is 17.7 Å². The molecule has 6 nitrogen and oxygen atoms in total. The maximum atomic E-state index is 14.1. The second-order valence-electron chi connectivity index (χ2n) is 5.31. The van der Waals surface area contributed by atoms with Crippen LogP contribution in [-0.2, 0) is 16.1 Å². The van der Waals surface area contributed by atoms with Crippen molar-refractivity contribution in [1.82, 2.24) is 9.91 Å². The van der Waals surface area contributed by atoms with Gasteiger partial charge in [0.1, 0.15) is 11.9 Å². The zero-order valence-corrected chi connectivity index (χ0v) is 11.4. The number of nitrogens with two attached hydrogens (primary N) is 1. The van der Waals surface area contributed by atoms with Crippen molar-refractivity contribution in [1.29, 1.82) is 0 Å². The van der Waals surface area contributed by atoms with Gasteiger partial charge in [-0.1, -0.05) is 6.07 Å². The van der Waals surface area contributed by atoms with Gasteiger partial charge in [0.25, 0.3) is 11.8 Å². The van der Waals surface area contributed by atoms with Gasteiger partial charge in [-0.15, -0.1) is 0 Å². The minimum atomic E-state index is -0.813. The van der Waals surface area contributed by atoms with E-state index in [4.69, 9.17) is 5.84 Å². The standard InChI is InChI=1S/C14H14FN3O3/c1-7-2-3-8-9(12(7)15)6-17(13(8)20)10-4-5-11(19)18(16)14(10)21/h2-3,10H,4-6,16H2,1H3. The summed E-state index contributed by atoms with van der Waals surface area (Å²) in [5, 5.41) is 0.548. The normalized spacial score (nSPS) is 22.0. The zero-order valence-electron chi connectivity index (χ0n) is 11.4. The predicted molar refractivity (Wildman–Crippen MR) is 70.1 cm³/mol. The van der Waals surface area contributed by atoms with E-state index < -0.39 is 29.6 Å².